The average molecular weight is 261 g/mol. The molecule has 0 radical (unpaired) electrons. The van der Waals surface area contributed by atoms with Gasteiger partial charge in [-0.2, -0.15) is 0 Å². The van der Waals surface area contributed by atoms with E-state index in [0.29, 0.717) is 0 Å². The largest absolute Gasteiger partial charge is 0.381 e. The Labute approximate surface area is 115 Å². The number of hydrogen-bond donors (Lipinski definition) is 2. The molecule has 2 N–H and O–H groups in total. The maximum absolute atomic E-state index is 9.89. The summed E-state index contributed by atoms with van der Waals surface area (Å²) in [6, 6.07) is 8.25. The Morgan fingerprint density at radius 1 is 1.16 bits per heavy atom. The third-order valence-corrected chi connectivity index (χ3v) is 3.63. The Hall–Kier alpha value is -1.35. The van der Waals surface area contributed by atoms with Crippen molar-refractivity contribution in [3.63, 3.8) is 0 Å². The quantitative estimate of drug-likeness (QED) is 0.581. The molecule has 1 aromatic carbocycles. The summed E-state index contributed by atoms with van der Waals surface area (Å²) in [7, 11) is 0. The molecule has 1 atom stereocenters. The molecule has 3 heteroatoms. The van der Waals surface area contributed by atoms with Gasteiger partial charge in [0, 0.05) is 0 Å². The molecule has 0 aliphatic rings. The van der Waals surface area contributed by atoms with Gasteiger partial charge in [-0.3, -0.25) is 0 Å². The van der Waals surface area contributed by atoms with Crippen LogP contribution in [0.4, 0.5) is 0 Å². The Bertz CT molecular complexity index is 516. The SMILES string of the molecule is CCCCCCC[n+]1c(C(C)O)[nH]c2ccccc21. The number of benzene rings is 1. The third-order valence-electron chi connectivity index (χ3n) is 3.63. The third kappa shape index (κ3) is 3.35. The van der Waals surface area contributed by atoms with Crippen LogP contribution in [0.5, 0.6) is 0 Å². The van der Waals surface area contributed by atoms with E-state index in [2.05, 4.69) is 34.7 Å². The highest BCUT2D eigenvalue weighted by Gasteiger charge is 2.21. The number of aliphatic hydroxyl groups excluding tert-OH is 1. The zero-order valence-corrected chi connectivity index (χ0v) is 12.0. The van der Waals surface area contributed by atoms with Gasteiger partial charge in [0.1, 0.15) is 0 Å². The molecule has 0 aliphatic carbocycles. The summed E-state index contributed by atoms with van der Waals surface area (Å²) in [4.78, 5) is 3.33. The first-order valence-corrected chi connectivity index (χ1v) is 7.42. The van der Waals surface area contributed by atoms with Crippen molar-refractivity contribution in [2.45, 2.75) is 58.6 Å². The normalized spacial score (nSPS) is 13.0. The van der Waals surface area contributed by atoms with Gasteiger partial charge in [-0.25, -0.2) is 9.55 Å². The second-order valence-electron chi connectivity index (χ2n) is 5.27. The second kappa shape index (κ2) is 6.71. The molecule has 0 aliphatic heterocycles. The Morgan fingerprint density at radius 3 is 2.63 bits per heavy atom. The van der Waals surface area contributed by atoms with Crippen LogP contribution in [0.25, 0.3) is 11.0 Å². The fourth-order valence-electron chi connectivity index (χ4n) is 2.59. The van der Waals surface area contributed by atoms with Crippen molar-refractivity contribution >= 4 is 11.0 Å². The van der Waals surface area contributed by atoms with Crippen LogP contribution >= 0.6 is 0 Å². The number of unbranched alkanes of at least 4 members (excludes halogenated alkanes) is 4. The van der Waals surface area contributed by atoms with Gasteiger partial charge in [-0.1, -0.05) is 38.3 Å². The number of nitrogens with zero attached hydrogens (tertiary/aromatic N) is 1. The molecular formula is C16H25N2O+. The molecule has 2 rings (SSSR count). The summed E-state index contributed by atoms with van der Waals surface area (Å²) in [6.07, 6.45) is 5.89. The smallest absolute Gasteiger partial charge is 0.284 e. The Morgan fingerprint density at radius 2 is 1.89 bits per heavy atom. The fourth-order valence-corrected chi connectivity index (χ4v) is 2.59. The number of fused-ring (bicyclic) bond motifs is 1. The lowest BCUT2D eigenvalue weighted by molar-refractivity contribution is -0.682. The van der Waals surface area contributed by atoms with Crippen LogP contribution in [0.1, 0.15) is 57.9 Å². The lowest BCUT2D eigenvalue weighted by atomic mass is 10.1. The number of aliphatic hydroxyl groups is 1. The minimum absolute atomic E-state index is 0.456. The highest BCUT2D eigenvalue weighted by molar-refractivity contribution is 5.71. The first-order chi connectivity index (χ1) is 9.24. The average Bonchev–Trinajstić information content (AvgIpc) is 2.78. The van der Waals surface area contributed by atoms with Crippen molar-refractivity contribution in [1.82, 2.24) is 4.98 Å². The molecule has 0 fully saturated rings. The van der Waals surface area contributed by atoms with E-state index in [9.17, 15) is 5.11 Å². The van der Waals surface area contributed by atoms with Crippen molar-refractivity contribution in [1.29, 1.82) is 0 Å². The highest BCUT2D eigenvalue weighted by atomic mass is 16.3. The number of aryl methyl sites for hydroxylation is 1. The standard InChI is InChI=1S/C16H24N2O/c1-3-4-5-6-9-12-18-15-11-8-7-10-14(15)17-16(18)13(2)19/h7-8,10-11,13,19H,3-6,9,12H2,1-2H3/p+1. The first-order valence-electron chi connectivity index (χ1n) is 7.42. The van der Waals surface area contributed by atoms with E-state index in [1.807, 2.05) is 13.0 Å². The van der Waals surface area contributed by atoms with E-state index in [1.54, 1.807) is 0 Å². The lowest BCUT2D eigenvalue weighted by Crippen LogP contribution is -2.38. The van der Waals surface area contributed by atoms with Crippen molar-refractivity contribution in [2.24, 2.45) is 0 Å². The highest BCUT2D eigenvalue weighted by Crippen LogP contribution is 2.14. The molecule has 19 heavy (non-hydrogen) atoms. The van der Waals surface area contributed by atoms with Crippen molar-refractivity contribution < 1.29 is 9.67 Å². The van der Waals surface area contributed by atoms with Gasteiger partial charge in [0.05, 0.1) is 6.54 Å². The molecular weight excluding hydrogens is 236 g/mol. The molecule has 1 unspecified atom stereocenters. The topological polar surface area (TPSA) is 39.9 Å². The molecule has 1 aromatic heterocycles. The number of H-pyrrole nitrogens is 1. The van der Waals surface area contributed by atoms with Crippen molar-refractivity contribution in [3.8, 4) is 0 Å². The zero-order valence-electron chi connectivity index (χ0n) is 12.0. The van der Waals surface area contributed by atoms with Gasteiger partial charge >= 0.3 is 0 Å². The van der Waals surface area contributed by atoms with E-state index in [4.69, 9.17) is 0 Å². The molecule has 2 aromatic rings. The summed E-state index contributed by atoms with van der Waals surface area (Å²) in [6.45, 7) is 5.03. The number of nitrogens with one attached hydrogen (secondary N) is 1. The lowest BCUT2D eigenvalue weighted by Gasteiger charge is -2.04. The predicted molar refractivity (Wildman–Crippen MR) is 77.9 cm³/mol. The Kier molecular flexibility index (Phi) is 4.97. The molecule has 0 spiro atoms. The summed E-state index contributed by atoms with van der Waals surface area (Å²) in [5, 5.41) is 9.89. The Balaban J connectivity index is 2.13. The molecule has 0 saturated heterocycles. The van der Waals surface area contributed by atoms with E-state index in [0.717, 1.165) is 17.9 Å². The number of imidazole rings is 1. The van der Waals surface area contributed by atoms with Gasteiger partial charge in [0.15, 0.2) is 17.1 Å². The van der Waals surface area contributed by atoms with E-state index < -0.39 is 6.10 Å². The molecule has 0 bridgehead atoms. The van der Waals surface area contributed by atoms with Crippen LogP contribution in [-0.2, 0) is 6.54 Å². The van der Waals surface area contributed by atoms with E-state index in [-0.39, 0.29) is 0 Å². The van der Waals surface area contributed by atoms with Crippen molar-refractivity contribution in [2.75, 3.05) is 0 Å². The van der Waals surface area contributed by atoms with Gasteiger partial charge in [0.25, 0.3) is 5.82 Å². The maximum Gasteiger partial charge on any atom is 0.284 e. The van der Waals surface area contributed by atoms with Crippen LogP contribution in [0, 0.1) is 0 Å². The number of hydrogen-bond acceptors (Lipinski definition) is 1. The summed E-state index contributed by atoms with van der Waals surface area (Å²) >= 11 is 0. The molecule has 3 nitrogen and oxygen atoms in total. The molecule has 0 amide bonds. The summed E-state index contributed by atoms with van der Waals surface area (Å²) in [5.41, 5.74) is 2.29. The predicted octanol–water partition coefficient (Wildman–Crippen LogP) is 3.48. The van der Waals surface area contributed by atoms with Crippen LogP contribution in [-0.4, -0.2) is 10.1 Å². The molecule has 1 heterocycles. The number of rotatable bonds is 7. The second-order valence-corrected chi connectivity index (χ2v) is 5.27. The molecule has 0 saturated carbocycles. The van der Waals surface area contributed by atoms with Gasteiger partial charge in [-0.15, -0.1) is 0 Å². The maximum atomic E-state index is 9.89. The minimum atomic E-state index is -0.456. The van der Waals surface area contributed by atoms with E-state index >= 15 is 0 Å². The van der Waals surface area contributed by atoms with Gasteiger partial charge < -0.3 is 5.11 Å². The fraction of sp³-hybridized carbons (Fsp3) is 0.562. The number of aromatic amines is 1. The molecule has 104 valence electrons. The van der Waals surface area contributed by atoms with Gasteiger partial charge in [0.2, 0.25) is 0 Å². The van der Waals surface area contributed by atoms with Crippen LogP contribution in [0.3, 0.4) is 0 Å². The van der Waals surface area contributed by atoms with Crippen LogP contribution in [0.2, 0.25) is 0 Å². The summed E-state index contributed by atoms with van der Waals surface area (Å²) in [5.74, 6) is 0.914. The van der Waals surface area contributed by atoms with Gasteiger partial charge in [-0.05, 0) is 31.9 Å². The van der Waals surface area contributed by atoms with E-state index in [1.165, 1.54) is 37.6 Å². The number of para-hydroxylation sites is 2. The van der Waals surface area contributed by atoms with Crippen LogP contribution in [0.15, 0.2) is 24.3 Å². The van der Waals surface area contributed by atoms with Crippen molar-refractivity contribution in [3.05, 3.63) is 30.1 Å². The minimum Gasteiger partial charge on any atom is -0.381 e. The monoisotopic (exact) mass is 261 g/mol. The van der Waals surface area contributed by atoms with Crippen LogP contribution < -0.4 is 4.57 Å². The zero-order chi connectivity index (χ0) is 13.7. The number of aromatic nitrogens is 2. The summed E-state index contributed by atoms with van der Waals surface area (Å²) < 4.78 is 2.23. The first kappa shape index (κ1) is 14.1.